The number of fused-ring (bicyclic) bond motifs is 3. The topological polar surface area (TPSA) is 72.8 Å². The fraction of sp³-hybridized carbons (Fsp3) is 0.826. The maximum Gasteiger partial charge on any atom is 0.311 e. The van der Waals surface area contributed by atoms with Crippen LogP contribution in [0.2, 0.25) is 0 Å². The van der Waals surface area contributed by atoms with E-state index in [1.807, 2.05) is 0 Å². The smallest absolute Gasteiger partial charge is 0.311 e. The van der Waals surface area contributed by atoms with Crippen molar-refractivity contribution >= 4 is 11.9 Å². The monoisotopic (exact) mass is 390 g/mol. The first-order valence-corrected chi connectivity index (χ1v) is 10.7. The first-order valence-electron chi connectivity index (χ1n) is 10.7. The molecule has 0 amide bonds. The van der Waals surface area contributed by atoms with E-state index in [1.54, 1.807) is 0 Å². The molecule has 4 aliphatic carbocycles. The average Bonchev–Trinajstić information content (AvgIpc) is 2.84. The Morgan fingerprint density at radius 3 is 2.54 bits per heavy atom. The highest BCUT2D eigenvalue weighted by atomic mass is 16.5. The quantitative estimate of drug-likeness (QED) is 0.576. The summed E-state index contributed by atoms with van der Waals surface area (Å²) in [6, 6.07) is 0. The normalized spacial score (nSPS) is 49.8. The number of hydrogen-bond donors (Lipinski definition) is 1. The van der Waals surface area contributed by atoms with Gasteiger partial charge in [0.1, 0.15) is 6.10 Å². The molecule has 0 heterocycles. The van der Waals surface area contributed by atoms with E-state index < -0.39 is 11.5 Å². The third-order valence-electron chi connectivity index (χ3n) is 9.22. The zero-order chi connectivity index (χ0) is 20.5. The van der Waals surface area contributed by atoms with Crippen LogP contribution >= 0.6 is 0 Å². The number of aliphatic hydroxyl groups is 1. The summed E-state index contributed by atoms with van der Waals surface area (Å²) >= 11 is 0. The lowest BCUT2D eigenvalue weighted by Crippen LogP contribution is -2.61. The van der Waals surface area contributed by atoms with Crippen molar-refractivity contribution in [2.24, 2.45) is 34.0 Å². The summed E-state index contributed by atoms with van der Waals surface area (Å²) in [6.07, 6.45) is 5.51. The van der Waals surface area contributed by atoms with Crippen LogP contribution in [0.3, 0.4) is 0 Å². The third-order valence-corrected chi connectivity index (χ3v) is 9.22. The minimum atomic E-state index is -0.549. The van der Waals surface area contributed by atoms with E-state index in [-0.39, 0.29) is 46.6 Å². The molecular weight excluding hydrogens is 356 g/mol. The van der Waals surface area contributed by atoms with Gasteiger partial charge in [0.2, 0.25) is 0 Å². The van der Waals surface area contributed by atoms with E-state index in [4.69, 9.17) is 9.47 Å². The van der Waals surface area contributed by atoms with E-state index >= 15 is 0 Å². The van der Waals surface area contributed by atoms with Crippen LogP contribution in [0.15, 0.2) is 12.2 Å². The number of hydrogen-bond acceptors (Lipinski definition) is 5. The van der Waals surface area contributed by atoms with Gasteiger partial charge in [-0.25, -0.2) is 0 Å². The summed E-state index contributed by atoms with van der Waals surface area (Å²) in [5.74, 6) is 0.0874. The highest BCUT2D eigenvalue weighted by Gasteiger charge is 2.69. The predicted molar refractivity (Wildman–Crippen MR) is 104 cm³/mol. The molecule has 28 heavy (non-hydrogen) atoms. The summed E-state index contributed by atoms with van der Waals surface area (Å²) in [7, 11) is 1.48. The fourth-order valence-electron chi connectivity index (χ4n) is 8.11. The molecule has 8 atom stereocenters. The van der Waals surface area contributed by atoms with Crippen molar-refractivity contribution in [2.45, 2.75) is 77.9 Å². The van der Waals surface area contributed by atoms with Gasteiger partial charge in [0.25, 0.3) is 0 Å². The van der Waals surface area contributed by atoms with Crippen molar-refractivity contribution in [3.63, 3.8) is 0 Å². The lowest BCUT2D eigenvalue weighted by molar-refractivity contribution is -0.202. The Hall–Kier alpha value is -1.36. The molecule has 4 rings (SSSR count). The number of ether oxygens (including phenoxy) is 2. The molecule has 0 unspecified atom stereocenters. The van der Waals surface area contributed by atoms with Gasteiger partial charge in [0, 0.05) is 18.3 Å². The Labute approximate surface area is 167 Å². The summed E-state index contributed by atoms with van der Waals surface area (Å²) < 4.78 is 11.0. The Balaban J connectivity index is 1.76. The molecule has 5 nitrogen and oxygen atoms in total. The molecule has 0 saturated heterocycles. The van der Waals surface area contributed by atoms with Gasteiger partial charge >= 0.3 is 11.9 Å². The van der Waals surface area contributed by atoms with Crippen molar-refractivity contribution < 1.29 is 24.2 Å². The minimum Gasteiger partial charge on any atom is -0.469 e. The highest BCUT2D eigenvalue weighted by molar-refractivity contribution is 5.77. The molecule has 0 aromatic rings. The van der Waals surface area contributed by atoms with Gasteiger partial charge in [-0.2, -0.15) is 0 Å². The van der Waals surface area contributed by atoms with Crippen molar-refractivity contribution in [3.05, 3.63) is 12.2 Å². The van der Waals surface area contributed by atoms with E-state index in [2.05, 4.69) is 20.4 Å². The van der Waals surface area contributed by atoms with E-state index in [0.717, 1.165) is 50.5 Å². The van der Waals surface area contributed by atoms with Crippen LogP contribution in [0, 0.1) is 34.0 Å². The number of carbonyl (C=O) groups excluding carboxylic acids is 2. The maximum absolute atomic E-state index is 12.8. The first kappa shape index (κ1) is 19.9. The van der Waals surface area contributed by atoms with Gasteiger partial charge in [-0.05, 0) is 68.3 Å². The molecule has 4 saturated carbocycles. The molecule has 5 heteroatoms. The van der Waals surface area contributed by atoms with Crippen LogP contribution in [-0.2, 0) is 19.1 Å². The molecule has 156 valence electrons. The summed E-state index contributed by atoms with van der Waals surface area (Å²) in [5.41, 5.74) is 0.0618. The molecule has 1 N–H and O–H groups in total. The SMILES string of the molecule is C=C1[C@@H]2C[C@@]3(CC[C@H]4[C@@](C)(CCC[C@@]4(C)C(=O)OC)[C@@H]3C[C@@H]2OC(C)=O)[C@H]1O. The second kappa shape index (κ2) is 6.32. The molecule has 2 bridgehead atoms. The van der Waals surface area contributed by atoms with Crippen LogP contribution in [0.25, 0.3) is 0 Å². The number of methoxy groups -OCH3 is 1. The first-order chi connectivity index (χ1) is 13.1. The molecule has 0 radical (unpaired) electrons. The zero-order valence-corrected chi connectivity index (χ0v) is 17.6. The van der Waals surface area contributed by atoms with E-state index in [9.17, 15) is 14.7 Å². The number of esters is 2. The van der Waals surface area contributed by atoms with Gasteiger partial charge in [0.05, 0.1) is 18.6 Å². The zero-order valence-electron chi connectivity index (χ0n) is 17.6. The molecule has 1 spiro atoms. The summed E-state index contributed by atoms with van der Waals surface area (Å²) in [6.45, 7) is 10.0. The van der Waals surface area contributed by atoms with Crippen molar-refractivity contribution in [2.75, 3.05) is 7.11 Å². The minimum absolute atomic E-state index is 0.0471. The Bertz CT molecular complexity index is 716. The van der Waals surface area contributed by atoms with Crippen molar-refractivity contribution in [1.29, 1.82) is 0 Å². The number of rotatable bonds is 2. The fourth-order valence-corrected chi connectivity index (χ4v) is 8.11. The summed E-state index contributed by atoms with van der Waals surface area (Å²) in [5, 5.41) is 11.3. The van der Waals surface area contributed by atoms with Crippen LogP contribution in [0.4, 0.5) is 0 Å². The largest absolute Gasteiger partial charge is 0.469 e. The lowest BCUT2D eigenvalue weighted by atomic mass is 9.40. The third kappa shape index (κ3) is 2.41. The molecular formula is C23H34O5. The molecule has 4 aliphatic rings. The van der Waals surface area contributed by atoms with Gasteiger partial charge in [0.15, 0.2) is 0 Å². The molecule has 0 aliphatic heterocycles. The standard InChI is InChI=1S/C23H34O5/c1-13-15-12-23(19(13)25)10-7-17-21(3,18(23)11-16(15)28-14(2)24)8-6-9-22(17,4)20(26)27-5/h15-19,25H,1,6-12H2,2-5H3/t15-,16-,17-,18-,19-,21+,22+,23+/m0/s1. The molecule has 4 fully saturated rings. The summed E-state index contributed by atoms with van der Waals surface area (Å²) in [4.78, 5) is 24.5. The van der Waals surface area contributed by atoms with E-state index in [0.29, 0.717) is 0 Å². The van der Waals surface area contributed by atoms with Gasteiger partial charge in [-0.3, -0.25) is 9.59 Å². The second-order valence-corrected chi connectivity index (χ2v) is 10.3. The Morgan fingerprint density at radius 2 is 1.89 bits per heavy atom. The van der Waals surface area contributed by atoms with Gasteiger partial charge < -0.3 is 14.6 Å². The van der Waals surface area contributed by atoms with Crippen molar-refractivity contribution in [1.82, 2.24) is 0 Å². The highest BCUT2D eigenvalue weighted by Crippen LogP contribution is 2.72. The predicted octanol–water partition coefficient (Wildman–Crippen LogP) is 3.64. The Morgan fingerprint density at radius 1 is 1.18 bits per heavy atom. The van der Waals surface area contributed by atoms with Gasteiger partial charge in [-0.15, -0.1) is 0 Å². The number of aliphatic hydroxyl groups excluding tert-OH is 1. The van der Waals surface area contributed by atoms with Crippen LogP contribution in [-0.4, -0.2) is 36.4 Å². The maximum atomic E-state index is 12.8. The van der Waals surface area contributed by atoms with E-state index in [1.165, 1.54) is 14.0 Å². The molecule has 0 aromatic carbocycles. The van der Waals surface area contributed by atoms with Crippen LogP contribution < -0.4 is 0 Å². The lowest BCUT2D eigenvalue weighted by Gasteiger charge is -2.64. The molecule has 0 aromatic heterocycles. The Kier molecular flexibility index (Phi) is 4.50. The van der Waals surface area contributed by atoms with Crippen LogP contribution in [0.5, 0.6) is 0 Å². The van der Waals surface area contributed by atoms with Gasteiger partial charge in [-0.1, -0.05) is 19.9 Å². The van der Waals surface area contributed by atoms with Crippen molar-refractivity contribution in [3.8, 4) is 0 Å². The average molecular weight is 391 g/mol. The van der Waals surface area contributed by atoms with Crippen LogP contribution in [0.1, 0.15) is 65.7 Å². The second-order valence-electron chi connectivity index (χ2n) is 10.3. The number of carbonyl (C=O) groups is 2.